The Balaban J connectivity index is 2.36. The molecule has 0 aliphatic carbocycles. The van der Waals surface area contributed by atoms with Crippen molar-refractivity contribution in [3.63, 3.8) is 0 Å². The van der Waals surface area contributed by atoms with Crippen LogP contribution in [-0.4, -0.2) is 50.1 Å². The fourth-order valence-corrected chi connectivity index (χ4v) is 3.12. The summed E-state index contributed by atoms with van der Waals surface area (Å²) in [5.41, 5.74) is 7.91. The number of ether oxygens (including phenoxy) is 1. The molecule has 0 saturated carbocycles. The topological polar surface area (TPSA) is 50.5 Å². The zero-order valence-corrected chi connectivity index (χ0v) is 18.0. The highest BCUT2D eigenvalue weighted by molar-refractivity contribution is 6.18. The molecule has 1 aromatic rings. The van der Waals surface area contributed by atoms with Crippen molar-refractivity contribution in [2.45, 2.75) is 39.3 Å². The van der Waals surface area contributed by atoms with Gasteiger partial charge < -0.3 is 20.7 Å². The summed E-state index contributed by atoms with van der Waals surface area (Å²) in [5.74, 6) is 1.65. The van der Waals surface area contributed by atoms with Gasteiger partial charge in [0.1, 0.15) is 0 Å². The monoisotopic (exact) mass is 403 g/mol. The molecular weight excluding hydrogens is 369 g/mol. The normalized spacial score (nSPS) is 13.0. The van der Waals surface area contributed by atoms with Crippen LogP contribution in [0, 0.1) is 5.92 Å². The van der Waals surface area contributed by atoms with Crippen LogP contribution in [0.1, 0.15) is 32.8 Å². The lowest BCUT2D eigenvalue weighted by molar-refractivity contribution is -0.0363. The van der Waals surface area contributed by atoms with Gasteiger partial charge >= 0.3 is 0 Å². The first-order valence-electron chi connectivity index (χ1n) is 9.42. The number of nitrogens with one attached hydrogen (secondary N) is 1. The Kier molecular flexibility index (Phi) is 11.6. The number of hydrogen-bond acceptors (Lipinski definition) is 4. The average Bonchev–Trinajstić information content (AvgIpc) is 2.60. The molecule has 1 aromatic carbocycles. The Morgan fingerprint density at radius 2 is 1.77 bits per heavy atom. The first kappa shape index (κ1) is 23.5. The van der Waals surface area contributed by atoms with Crippen LogP contribution in [0.25, 0.3) is 0 Å². The third kappa shape index (κ3) is 9.43. The van der Waals surface area contributed by atoms with Crippen molar-refractivity contribution in [2.24, 2.45) is 11.7 Å². The molecule has 0 fully saturated rings. The van der Waals surface area contributed by atoms with Crippen LogP contribution < -0.4 is 16.0 Å². The second-order valence-electron chi connectivity index (χ2n) is 7.38. The molecule has 1 unspecified atom stereocenters. The fourth-order valence-electron chi connectivity index (χ4n) is 2.71. The summed E-state index contributed by atoms with van der Waals surface area (Å²) in [4.78, 5) is 2.21. The van der Waals surface area contributed by atoms with Crippen molar-refractivity contribution in [3.05, 3.63) is 29.8 Å². The molecule has 0 aromatic heterocycles. The van der Waals surface area contributed by atoms with E-state index >= 15 is 0 Å². The van der Waals surface area contributed by atoms with Crippen LogP contribution in [0.5, 0.6) is 0 Å². The zero-order chi connectivity index (χ0) is 19.4. The lowest BCUT2D eigenvalue weighted by Crippen LogP contribution is -2.32. The maximum atomic E-state index is 5.98. The standard InChI is InChI=1S/C20H35Cl2N3O/c1-17(16-26-20(2,3)8-11-23)14-24-15-18-4-6-19(7-5-18)25(12-9-21)13-10-22/h4-7,17,24H,8-16,23H2,1-3H3. The molecule has 6 heteroatoms. The van der Waals surface area contributed by atoms with E-state index in [4.69, 9.17) is 33.7 Å². The van der Waals surface area contributed by atoms with Crippen molar-refractivity contribution < 1.29 is 4.74 Å². The van der Waals surface area contributed by atoms with Gasteiger partial charge in [0.15, 0.2) is 0 Å². The maximum Gasteiger partial charge on any atom is 0.0638 e. The van der Waals surface area contributed by atoms with Gasteiger partial charge in [0.2, 0.25) is 0 Å². The Morgan fingerprint density at radius 1 is 1.15 bits per heavy atom. The molecule has 1 atom stereocenters. The number of benzene rings is 1. The van der Waals surface area contributed by atoms with E-state index in [9.17, 15) is 0 Å². The van der Waals surface area contributed by atoms with E-state index in [0.717, 1.165) is 39.2 Å². The van der Waals surface area contributed by atoms with E-state index in [1.54, 1.807) is 0 Å². The smallest absolute Gasteiger partial charge is 0.0638 e. The number of rotatable bonds is 14. The van der Waals surface area contributed by atoms with E-state index in [2.05, 4.69) is 55.3 Å². The summed E-state index contributed by atoms with van der Waals surface area (Å²) in [5, 5.41) is 3.51. The first-order valence-corrected chi connectivity index (χ1v) is 10.5. The van der Waals surface area contributed by atoms with Crippen LogP contribution in [0.4, 0.5) is 5.69 Å². The quantitative estimate of drug-likeness (QED) is 0.463. The molecule has 0 amide bonds. The number of anilines is 1. The highest BCUT2D eigenvalue weighted by Crippen LogP contribution is 2.16. The maximum absolute atomic E-state index is 5.98. The predicted molar refractivity (Wildman–Crippen MR) is 115 cm³/mol. The minimum atomic E-state index is -0.142. The molecule has 0 heterocycles. The number of halogens is 2. The van der Waals surface area contributed by atoms with E-state index in [-0.39, 0.29) is 5.60 Å². The fraction of sp³-hybridized carbons (Fsp3) is 0.700. The first-order chi connectivity index (χ1) is 12.4. The van der Waals surface area contributed by atoms with Gasteiger partial charge in [0, 0.05) is 43.6 Å². The molecule has 26 heavy (non-hydrogen) atoms. The van der Waals surface area contributed by atoms with E-state index in [1.165, 1.54) is 11.3 Å². The van der Waals surface area contributed by atoms with Gasteiger partial charge in [0.05, 0.1) is 12.2 Å². The molecule has 0 saturated heterocycles. The minimum Gasteiger partial charge on any atom is -0.375 e. The van der Waals surface area contributed by atoms with Gasteiger partial charge in [-0.3, -0.25) is 0 Å². The second kappa shape index (κ2) is 12.8. The van der Waals surface area contributed by atoms with Crippen LogP contribution in [0.2, 0.25) is 0 Å². The third-order valence-electron chi connectivity index (χ3n) is 4.34. The largest absolute Gasteiger partial charge is 0.375 e. The Labute approximate surface area is 169 Å². The molecule has 0 radical (unpaired) electrons. The molecule has 150 valence electrons. The van der Waals surface area contributed by atoms with Crippen molar-refractivity contribution >= 4 is 28.9 Å². The van der Waals surface area contributed by atoms with E-state index < -0.39 is 0 Å². The summed E-state index contributed by atoms with van der Waals surface area (Å²) in [6.07, 6.45) is 0.879. The van der Waals surface area contributed by atoms with Crippen LogP contribution in [0.3, 0.4) is 0 Å². The number of alkyl halides is 2. The summed E-state index contributed by atoms with van der Waals surface area (Å²) in [6, 6.07) is 8.59. The average molecular weight is 404 g/mol. The number of hydrogen-bond donors (Lipinski definition) is 2. The summed E-state index contributed by atoms with van der Waals surface area (Å²) in [7, 11) is 0. The van der Waals surface area contributed by atoms with Gasteiger partial charge in [-0.25, -0.2) is 0 Å². The van der Waals surface area contributed by atoms with Crippen molar-refractivity contribution in [2.75, 3.05) is 49.4 Å². The second-order valence-corrected chi connectivity index (χ2v) is 8.13. The Bertz CT molecular complexity index is 476. The van der Waals surface area contributed by atoms with Crippen LogP contribution >= 0.6 is 23.2 Å². The zero-order valence-electron chi connectivity index (χ0n) is 16.4. The van der Waals surface area contributed by atoms with Crippen molar-refractivity contribution in [1.82, 2.24) is 5.32 Å². The van der Waals surface area contributed by atoms with Gasteiger partial charge in [-0.15, -0.1) is 23.2 Å². The van der Waals surface area contributed by atoms with Gasteiger partial charge in [0.25, 0.3) is 0 Å². The molecule has 0 aliphatic heterocycles. The molecule has 0 aliphatic rings. The summed E-state index contributed by atoms with van der Waals surface area (Å²) >= 11 is 11.7. The molecule has 4 nitrogen and oxygen atoms in total. The Hall–Kier alpha value is -0.520. The summed E-state index contributed by atoms with van der Waals surface area (Å²) in [6.45, 7) is 11.2. The Morgan fingerprint density at radius 3 is 2.31 bits per heavy atom. The molecule has 0 bridgehead atoms. The molecule has 1 rings (SSSR count). The van der Waals surface area contributed by atoms with Gasteiger partial charge in [-0.1, -0.05) is 19.1 Å². The van der Waals surface area contributed by atoms with Crippen LogP contribution in [0.15, 0.2) is 24.3 Å². The SMILES string of the molecule is CC(CNCc1ccc(N(CCCl)CCCl)cc1)COC(C)(C)CCN. The van der Waals surface area contributed by atoms with Gasteiger partial charge in [-0.2, -0.15) is 0 Å². The highest BCUT2D eigenvalue weighted by atomic mass is 35.5. The van der Waals surface area contributed by atoms with Gasteiger partial charge in [-0.05, 0) is 50.4 Å². The summed E-state index contributed by atoms with van der Waals surface area (Å²) < 4.78 is 5.98. The molecule has 3 N–H and O–H groups in total. The molecular formula is C20H35Cl2N3O. The van der Waals surface area contributed by atoms with Crippen molar-refractivity contribution in [3.8, 4) is 0 Å². The van der Waals surface area contributed by atoms with Crippen molar-refractivity contribution in [1.29, 1.82) is 0 Å². The van der Waals surface area contributed by atoms with Crippen LogP contribution in [-0.2, 0) is 11.3 Å². The third-order valence-corrected chi connectivity index (χ3v) is 4.68. The predicted octanol–water partition coefficient (Wildman–Crippen LogP) is 3.84. The lowest BCUT2D eigenvalue weighted by atomic mass is 10.1. The molecule has 0 spiro atoms. The number of nitrogens with two attached hydrogens (primary N) is 1. The van der Waals surface area contributed by atoms with E-state index in [0.29, 0.717) is 24.2 Å². The minimum absolute atomic E-state index is 0.142. The highest BCUT2D eigenvalue weighted by Gasteiger charge is 2.18. The van der Waals surface area contributed by atoms with E-state index in [1.807, 2.05) is 0 Å². The lowest BCUT2D eigenvalue weighted by Gasteiger charge is -2.26. The number of nitrogens with zero attached hydrogens (tertiary/aromatic N) is 1.